The van der Waals surface area contributed by atoms with Gasteiger partial charge in [0.2, 0.25) is 0 Å². The van der Waals surface area contributed by atoms with Crippen molar-refractivity contribution >= 4 is 0 Å². The highest BCUT2D eigenvalue weighted by atomic mass is 19.3. The minimum atomic E-state index is -2.38. The molecule has 0 unspecified atom stereocenters. The van der Waals surface area contributed by atoms with Gasteiger partial charge in [-0.3, -0.25) is 0 Å². The second-order valence-corrected chi connectivity index (χ2v) is 2.45. The second kappa shape index (κ2) is 3.25. The van der Waals surface area contributed by atoms with Gasteiger partial charge in [-0.25, -0.2) is 8.78 Å². The Morgan fingerprint density at radius 2 is 2.30 bits per heavy atom. The van der Waals surface area contributed by atoms with Crippen molar-refractivity contribution in [1.29, 1.82) is 0 Å². The van der Waals surface area contributed by atoms with Crippen molar-refractivity contribution < 1.29 is 13.5 Å². The zero-order valence-corrected chi connectivity index (χ0v) is 5.59. The fourth-order valence-corrected chi connectivity index (χ4v) is 1.19. The van der Waals surface area contributed by atoms with E-state index in [4.69, 9.17) is 10.5 Å². The summed E-state index contributed by atoms with van der Waals surface area (Å²) in [6.07, 6.45) is -2.62. The van der Waals surface area contributed by atoms with Crippen LogP contribution in [-0.2, 0) is 4.74 Å². The maximum absolute atomic E-state index is 12.0. The van der Waals surface area contributed by atoms with Gasteiger partial charge in [-0.15, -0.1) is 0 Å². The van der Waals surface area contributed by atoms with Crippen LogP contribution in [-0.4, -0.2) is 25.7 Å². The molecule has 0 saturated carbocycles. The topological polar surface area (TPSA) is 35.2 Å². The summed E-state index contributed by atoms with van der Waals surface area (Å²) < 4.78 is 28.8. The molecule has 10 heavy (non-hydrogen) atoms. The molecule has 1 aliphatic heterocycles. The Labute approximate surface area is 58.3 Å². The van der Waals surface area contributed by atoms with Crippen LogP contribution in [0.4, 0.5) is 8.78 Å². The summed E-state index contributed by atoms with van der Waals surface area (Å²) >= 11 is 0. The molecule has 1 heterocycles. The van der Waals surface area contributed by atoms with Gasteiger partial charge in [0, 0.05) is 12.5 Å². The first-order valence-corrected chi connectivity index (χ1v) is 3.35. The Hall–Kier alpha value is -0.220. The number of rotatable bonds is 2. The number of nitrogens with two attached hydrogens (primary N) is 1. The summed E-state index contributed by atoms with van der Waals surface area (Å²) in [5.41, 5.74) is 5.25. The molecule has 1 saturated heterocycles. The lowest BCUT2D eigenvalue weighted by Gasteiger charge is -2.14. The van der Waals surface area contributed by atoms with Gasteiger partial charge in [-0.05, 0) is 13.0 Å². The standard InChI is InChI=1S/C6H11F2NO/c7-6(8)5-4(3-9)1-2-10-5/h4-6H,1-3,9H2/t4-,5-/m1/s1. The third-order valence-electron chi connectivity index (χ3n) is 1.81. The lowest BCUT2D eigenvalue weighted by atomic mass is 10.0. The maximum Gasteiger partial charge on any atom is 0.264 e. The van der Waals surface area contributed by atoms with Gasteiger partial charge < -0.3 is 10.5 Å². The Bertz CT molecular complexity index is 110. The molecule has 0 bridgehead atoms. The molecule has 0 aromatic heterocycles. The first kappa shape index (κ1) is 7.88. The molecule has 1 rings (SSSR count). The minimum Gasteiger partial charge on any atom is -0.372 e. The molecule has 0 radical (unpaired) electrons. The highest BCUT2D eigenvalue weighted by Gasteiger charge is 2.34. The van der Waals surface area contributed by atoms with Crippen molar-refractivity contribution in [2.75, 3.05) is 13.2 Å². The van der Waals surface area contributed by atoms with Crippen LogP contribution in [0.5, 0.6) is 0 Å². The van der Waals surface area contributed by atoms with Crippen LogP contribution in [0.1, 0.15) is 6.42 Å². The van der Waals surface area contributed by atoms with Gasteiger partial charge in [0.15, 0.2) is 0 Å². The summed E-state index contributed by atoms with van der Waals surface area (Å²) in [5, 5.41) is 0. The molecule has 0 aliphatic carbocycles. The first-order valence-electron chi connectivity index (χ1n) is 3.35. The molecule has 0 amide bonds. The maximum atomic E-state index is 12.0. The molecule has 1 fully saturated rings. The quantitative estimate of drug-likeness (QED) is 0.627. The summed E-state index contributed by atoms with van der Waals surface area (Å²) in [6.45, 7) is 0.728. The predicted molar refractivity (Wildman–Crippen MR) is 32.9 cm³/mol. The molecule has 1 aliphatic rings. The van der Waals surface area contributed by atoms with Crippen molar-refractivity contribution in [2.45, 2.75) is 19.0 Å². The average molecular weight is 151 g/mol. The SMILES string of the molecule is NC[C@H]1CCO[C@H]1C(F)F. The van der Waals surface area contributed by atoms with Crippen molar-refractivity contribution in [1.82, 2.24) is 0 Å². The van der Waals surface area contributed by atoms with Gasteiger partial charge >= 0.3 is 0 Å². The van der Waals surface area contributed by atoms with E-state index in [2.05, 4.69) is 0 Å². The molecule has 0 aromatic carbocycles. The molecule has 60 valence electrons. The predicted octanol–water partition coefficient (Wildman–Crippen LogP) is 0.615. The van der Waals surface area contributed by atoms with Crippen LogP contribution in [0.15, 0.2) is 0 Å². The highest BCUT2D eigenvalue weighted by Crippen LogP contribution is 2.24. The van der Waals surface area contributed by atoms with Crippen molar-refractivity contribution in [3.05, 3.63) is 0 Å². The van der Waals surface area contributed by atoms with E-state index in [1.807, 2.05) is 0 Å². The van der Waals surface area contributed by atoms with Crippen molar-refractivity contribution in [3.8, 4) is 0 Å². The molecular weight excluding hydrogens is 140 g/mol. The molecular formula is C6H11F2NO. The summed E-state index contributed by atoms with van der Waals surface area (Å²) in [6, 6.07) is 0. The van der Waals surface area contributed by atoms with Crippen LogP contribution >= 0.6 is 0 Å². The molecule has 4 heteroatoms. The van der Waals surface area contributed by atoms with E-state index in [1.165, 1.54) is 0 Å². The number of hydrogen-bond donors (Lipinski definition) is 1. The van der Waals surface area contributed by atoms with Crippen LogP contribution in [0.3, 0.4) is 0 Å². The van der Waals surface area contributed by atoms with Crippen LogP contribution < -0.4 is 5.73 Å². The fraction of sp³-hybridized carbons (Fsp3) is 1.00. The largest absolute Gasteiger partial charge is 0.372 e. The van der Waals surface area contributed by atoms with Gasteiger partial charge in [0.25, 0.3) is 6.43 Å². The number of halogens is 2. The van der Waals surface area contributed by atoms with Crippen LogP contribution in [0.25, 0.3) is 0 Å². The highest BCUT2D eigenvalue weighted by molar-refractivity contribution is 4.78. The van der Waals surface area contributed by atoms with Crippen molar-refractivity contribution in [2.24, 2.45) is 11.7 Å². The lowest BCUT2D eigenvalue weighted by Crippen LogP contribution is -2.29. The van der Waals surface area contributed by atoms with Gasteiger partial charge in [-0.1, -0.05) is 0 Å². The fourth-order valence-electron chi connectivity index (χ4n) is 1.19. The summed E-state index contributed by atoms with van der Waals surface area (Å²) in [5.74, 6) is -0.139. The van der Waals surface area contributed by atoms with Gasteiger partial charge in [0.1, 0.15) is 6.10 Å². The average Bonchev–Trinajstić information content (AvgIpc) is 2.33. The van der Waals surface area contributed by atoms with Crippen LogP contribution in [0, 0.1) is 5.92 Å². The second-order valence-electron chi connectivity index (χ2n) is 2.45. The van der Waals surface area contributed by atoms with E-state index in [-0.39, 0.29) is 5.92 Å². The zero-order valence-electron chi connectivity index (χ0n) is 5.59. The molecule has 0 spiro atoms. The summed E-state index contributed by atoms with van der Waals surface area (Å²) in [7, 11) is 0. The minimum absolute atomic E-state index is 0.139. The summed E-state index contributed by atoms with van der Waals surface area (Å²) in [4.78, 5) is 0. The Morgan fingerprint density at radius 3 is 2.70 bits per heavy atom. The number of hydrogen-bond acceptors (Lipinski definition) is 2. The Morgan fingerprint density at radius 1 is 1.60 bits per heavy atom. The normalized spacial score (nSPS) is 33.6. The van der Waals surface area contributed by atoms with E-state index in [9.17, 15) is 8.78 Å². The smallest absolute Gasteiger partial charge is 0.264 e. The monoisotopic (exact) mass is 151 g/mol. The number of alkyl halides is 2. The van der Waals surface area contributed by atoms with Crippen LogP contribution in [0.2, 0.25) is 0 Å². The molecule has 2 N–H and O–H groups in total. The number of ether oxygens (including phenoxy) is 1. The van der Waals surface area contributed by atoms with E-state index in [0.29, 0.717) is 19.6 Å². The van der Waals surface area contributed by atoms with Gasteiger partial charge in [0.05, 0.1) is 0 Å². The lowest BCUT2D eigenvalue weighted by molar-refractivity contribution is -0.0379. The third-order valence-corrected chi connectivity index (χ3v) is 1.81. The Kier molecular flexibility index (Phi) is 2.56. The first-order chi connectivity index (χ1) is 4.75. The Balaban J connectivity index is 2.42. The molecule has 0 aromatic rings. The van der Waals surface area contributed by atoms with Crippen molar-refractivity contribution in [3.63, 3.8) is 0 Å². The third kappa shape index (κ3) is 1.44. The zero-order chi connectivity index (χ0) is 7.56. The van der Waals surface area contributed by atoms with E-state index < -0.39 is 12.5 Å². The van der Waals surface area contributed by atoms with E-state index >= 15 is 0 Å². The van der Waals surface area contributed by atoms with E-state index in [0.717, 1.165) is 0 Å². The van der Waals surface area contributed by atoms with Gasteiger partial charge in [-0.2, -0.15) is 0 Å². The van der Waals surface area contributed by atoms with E-state index in [1.54, 1.807) is 0 Å². The molecule has 2 atom stereocenters. The molecule has 2 nitrogen and oxygen atoms in total.